The van der Waals surface area contributed by atoms with E-state index in [1.165, 1.54) is 11.3 Å². The Bertz CT molecular complexity index is 633. The van der Waals surface area contributed by atoms with Crippen LogP contribution in [0.5, 0.6) is 0 Å². The zero-order valence-electron chi connectivity index (χ0n) is 12.9. The van der Waals surface area contributed by atoms with Gasteiger partial charge in [0.1, 0.15) is 4.88 Å². The van der Waals surface area contributed by atoms with E-state index in [0.717, 1.165) is 36.6 Å². The van der Waals surface area contributed by atoms with Gasteiger partial charge in [0.25, 0.3) is 0 Å². The number of hydrogen-bond acceptors (Lipinski definition) is 5. The second-order valence-electron chi connectivity index (χ2n) is 4.99. The summed E-state index contributed by atoms with van der Waals surface area (Å²) in [6, 6.07) is 7.14. The molecule has 1 heterocycles. The zero-order valence-corrected chi connectivity index (χ0v) is 13.7. The van der Waals surface area contributed by atoms with E-state index in [0.29, 0.717) is 16.3 Å². The molecular weight excluding hydrogens is 298 g/mol. The molecule has 0 atom stereocenters. The lowest BCUT2D eigenvalue weighted by Gasteiger charge is -2.16. The monoisotopic (exact) mass is 319 g/mol. The second-order valence-corrected chi connectivity index (χ2v) is 6.07. The summed E-state index contributed by atoms with van der Waals surface area (Å²) in [6.07, 6.45) is 0.765. The summed E-state index contributed by atoms with van der Waals surface area (Å²) in [5, 5.41) is 10.3. The first kappa shape index (κ1) is 16.5. The van der Waals surface area contributed by atoms with Crippen molar-refractivity contribution in [3.05, 3.63) is 34.2 Å². The molecule has 6 heteroatoms. The van der Waals surface area contributed by atoms with Gasteiger partial charge < -0.3 is 15.7 Å². The number of aromatic nitrogens is 1. The van der Waals surface area contributed by atoms with Crippen molar-refractivity contribution < 1.29 is 9.90 Å². The van der Waals surface area contributed by atoms with Gasteiger partial charge in [-0.1, -0.05) is 26.0 Å². The van der Waals surface area contributed by atoms with Crippen molar-refractivity contribution in [2.24, 2.45) is 0 Å². The number of nitrogen functional groups attached to an aromatic ring is 1. The zero-order chi connectivity index (χ0) is 16.1. The number of aromatic carboxylic acids is 1. The summed E-state index contributed by atoms with van der Waals surface area (Å²) in [6.45, 7) is 7.10. The fourth-order valence-electron chi connectivity index (χ4n) is 2.25. The van der Waals surface area contributed by atoms with E-state index in [2.05, 4.69) is 23.7 Å². The predicted octanol–water partition coefficient (Wildman–Crippen LogP) is 2.97. The lowest BCUT2D eigenvalue weighted by molar-refractivity contribution is 0.0702. The molecule has 1 aromatic carbocycles. The first-order chi connectivity index (χ1) is 10.5. The molecule has 0 radical (unpaired) electrons. The molecule has 3 N–H and O–H groups in total. The second kappa shape index (κ2) is 7.38. The summed E-state index contributed by atoms with van der Waals surface area (Å²) >= 11 is 1.26. The van der Waals surface area contributed by atoms with Gasteiger partial charge in [0, 0.05) is 24.2 Å². The van der Waals surface area contributed by atoms with E-state index < -0.39 is 5.97 Å². The molecule has 0 bridgehead atoms. The van der Waals surface area contributed by atoms with Gasteiger partial charge in [-0.2, -0.15) is 0 Å². The topological polar surface area (TPSA) is 79.5 Å². The Morgan fingerprint density at radius 3 is 2.45 bits per heavy atom. The third-order valence-corrected chi connectivity index (χ3v) is 4.69. The van der Waals surface area contributed by atoms with Crippen LogP contribution < -0.4 is 5.73 Å². The van der Waals surface area contributed by atoms with E-state index in [1.54, 1.807) is 12.1 Å². The van der Waals surface area contributed by atoms with Gasteiger partial charge >= 0.3 is 5.97 Å². The highest BCUT2D eigenvalue weighted by Crippen LogP contribution is 2.29. The lowest BCUT2D eigenvalue weighted by atomic mass is 10.1. The van der Waals surface area contributed by atoms with Gasteiger partial charge in [-0.25, -0.2) is 9.78 Å². The van der Waals surface area contributed by atoms with E-state index >= 15 is 0 Å². The minimum absolute atomic E-state index is 0.291. The largest absolute Gasteiger partial charge is 0.477 e. The SMILES string of the molecule is CCN(CC)CCc1nc(-c2ccc(N)cc2)c(C(=O)O)s1. The van der Waals surface area contributed by atoms with Crippen LogP contribution in [-0.2, 0) is 6.42 Å². The number of nitrogens with two attached hydrogens (primary N) is 1. The van der Waals surface area contributed by atoms with Crippen LogP contribution in [0.2, 0.25) is 0 Å². The molecule has 22 heavy (non-hydrogen) atoms. The summed E-state index contributed by atoms with van der Waals surface area (Å²) in [5.74, 6) is -0.932. The van der Waals surface area contributed by atoms with Crippen molar-refractivity contribution in [3.63, 3.8) is 0 Å². The highest BCUT2D eigenvalue weighted by atomic mass is 32.1. The molecule has 0 fully saturated rings. The van der Waals surface area contributed by atoms with Crippen molar-refractivity contribution in [1.29, 1.82) is 0 Å². The first-order valence-electron chi connectivity index (χ1n) is 7.36. The average Bonchev–Trinajstić information content (AvgIpc) is 2.93. The number of anilines is 1. The van der Waals surface area contributed by atoms with Crippen molar-refractivity contribution >= 4 is 23.0 Å². The van der Waals surface area contributed by atoms with Gasteiger partial charge in [0.05, 0.1) is 10.7 Å². The molecule has 0 aliphatic carbocycles. The fourth-order valence-corrected chi connectivity index (χ4v) is 3.16. The Balaban J connectivity index is 2.26. The van der Waals surface area contributed by atoms with E-state index in [9.17, 15) is 9.90 Å². The molecule has 0 unspecified atom stereocenters. The maximum Gasteiger partial charge on any atom is 0.348 e. The number of rotatable bonds is 7. The standard InChI is InChI=1S/C16H21N3O2S/c1-3-19(4-2)10-9-13-18-14(15(22-13)16(20)21)11-5-7-12(17)8-6-11/h5-8H,3-4,9-10,17H2,1-2H3,(H,20,21). The van der Waals surface area contributed by atoms with Crippen LogP contribution >= 0.6 is 11.3 Å². The average molecular weight is 319 g/mol. The van der Waals surface area contributed by atoms with Crippen LogP contribution in [0.3, 0.4) is 0 Å². The lowest BCUT2D eigenvalue weighted by Crippen LogP contribution is -2.25. The number of carboxylic acids is 1. The quantitative estimate of drug-likeness (QED) is 0.767. The van der Waals surface area contributed by atoms with Crippen LogP contribution in [0.25, 0.3) is 11.3 Å². The van der Waals surface area contributed by atoms with Crippen LogP contribution in [-0.4, -0.2) is 40.6 Å². The van der Waals surface area contributed by atoms with Gasteiger partial charge in [0.15, 0.2) is 0 Å². The first-order valence-corrected chi connectivity index (χ1v) is 8.18. The molecule has 2 rings (SSSR count). The fraction of sp³-hybridized carbons (Fsp3) is 0.375. The minimum Gasteiger partial charge on any atom is -0.477 e. The van der Waals surface area contributed by atoms with Crippen molar-refractivity contribution in [2.75, 3.05) is 25.4 Å². The number of thiazole rings is 1. The third kappa shape index (κ3) is 3.84. The van der Waals surface area contributed by atoms with Crippen LogP contribution in [0, 0.1) is 0 Å². The molecule has 5 nitrogen and oxygen atoms in total. The Morgan fingerprint density at radius 2 is 1.91 bits per heavy atom. The molecule has 0 saturated carbocycles. The van der Waals surface area contributed by atoms with E-state index in [-0.39, 0.29) is 0 Å². The highest BCUT2D eigenvalue weighted by molar-refractivity contribution is 7.14. The summed E-state index contributed by atoms with van der Waals surface area (Å²) in [7, 11) is 0. The van der Waals surface area contributed by atoms with E-state index in [4.69, 9.17) is 5.73 Å². The molecule has 2 aromatic rings. The van der Waals surface area contributed by atoms with Crippen LogP contribution in [0.1, 0.15) is 28.5 Å². The van der Waals surface area contributed by atoms with Gasteiger partial charge in [-0.05, 0) is 25.2 Å². The summed E-state index contributed by atoms with van der Waals surface area (Å²) < 4.78 is 0. The third-order valence-electron chi connectivity index (χ3n) is 3.59. The molecule has 0 amide bonds. The van der Waals surface area contributed by atoms with Gasteiger partial charge in [-0.3, -0.25) is 0 Å². The van der Waals surface area contributed by atoms with Crippen molar-refractivity contribution in [2.45, 2.75) is 20.3 Å². The molecule has 0 saturated heterocycles. The molecular formula is C16H21N3O2S. The number of carbonyl (C=O) groups is 1. The smallest absolute Gasteiger partial charge is 0.348 e. The number of carboxylic acid groups (broad SMARTS) is 1. The minimum atomic E-state index is -0.932. The number of likely N-dealkylation sites (N-methyl/N-ethyl adjacent to an activating group) is 1. The number of nitrogens with zero attached hydrogens (tertiary/aromatic N) is 2. The molecule has 0 spiro atoms. The van der Waals surface area contributed by atoms with E-state index in [1.807, 2.05) is 12.1 Å². The number of benzene rings is 1. The maximum atomic E-state index is 11.5. The predicted molar refractivity (Wildman–Crippen MR) is 90.4 cm³/mol. The molecule has 1 aromatic heterocycles. The molecule has 118 valence electrons. The Labute approximate surface area is 134 Å². The Hall–Kier alpha value is -1.92. The van der Waals surface area contributed by atoms with Crippen molar-refractivity contribution in [3.8, 4) is 11.3 Å². The highest BCUT2D eigenvalue weighted by Gasteiger charge is 2.18. The molecule has 0 aliphatic rings. The van der Waals surface area contributed by atoms with Crippen LogP contribution in [0.4, 0.5) is 5.69 Å². The maximum absolute atomic E-state index is 11.5. The number of hydrogen-bond donors (Lipinski definition) is 2. The summed E-state index contributed by atoms with van der Waals surface area (Å²) in [5.41, 5.74) is 7.65. The van der Waals surface area contributed by atoms with Crippen LogP contribution in [0.15, 0.2) is 24.3 Å². The molecule has 0 aliphatic heterocycles. The van der Waals surface area contributed by atoms with Crippen molar-refractivity contribution in [1.82, 2.24) is 9.88 Å². The Kier molecular flexibility index (Phi) is 5.51. The van der Waals surface area contributed by atoms with Gasteiger partial charge in [0.2, 0.25) is 0 Å². The summed E-state index contributed by atoms with van der Waals surface area (Å²) in [4.78, 5) is 18.6. The van der Waals surface area contributed by atoms with Gasteiger partial charge in [-0.15, -0.1) is 11.3 Å². The Morgan fingerprint density at radius 1 is 1.27 bits per heavy atom. The normalized spacial score (nSPS) is 11.0.